The van der Waals surface area contributed by atoms with Crippen molar-refractivity contribution in [3.63, 3.8) is 0 Å². The highest BCUT2D eigenvalue weighted by Crippen LogP contribution is 2.21. The van der Waals surface area contributed by atoms with Gasteiger partial charge in [-0.05, 0) is 11.6 Å². The molecule has 0 heterocycles. The number of nitro groups is 1. The Morgan fingerprint density at radius 1 is 1.53 bits per heavy atom. The number of benzene rings is 1. The van der Waals surface area contributed by atoms with Gasteiger partial charge in [0.25, 0.3) is 5.69 Å². The summed E-state index contributed by atoms with van der Waals surface area (Å²) in [5.74, 6) is -0.120. The van der Waals surface area contributed by atoms with Crippen LogP contribution in [0.1, 0.15) is 12.5 Å². The maximum absolute atomic E-state index is 10.8. The van der Waals surface area contributed by atoms with E-state index in [9.17, 15) is 14.9 Å². The SMILES string of the molecule is CC(=O)Nc1cc(CCl)cc([N+](=O)[O-])c1. The molecule has 1 amide bonds. The predicted molar refractivity (Wildman–Crippen MR) is 57.0 cm³/mol. The monoisotopic (exact) mass is 228 g/mol. The van der Waals surface area contributed by atoms with Gasteiger partial charge in [0.15, 0.2) is 0 Å². The van der Waals surface area contributed by atoms with Gasteiger partial charge in [-0.1, -0.05) is 0 Å². The summed E-state index contributed by atoms with van der Waals surface area (Å²) in [6.07, 6.45) is 0. The van der Waals surface area contributed by atoms with Crippen molar-refractivity contribution in [2.45, 2.75) is 12.8 Å². The van der Waals surface area contributed by atoms with Gasteiger partial charge in [-0.2, -0.15) is 0 Å². The maximum Gasteiger partial charge on any atom is 0.271 e. The Balaban J connectivity index is 3.11. The third kappa shape index (κ3) is 3.21. The van der Waals surface area contributed by atoms with Crippen LogP contribution in [0.5, 0.6) is 0 Å². The first kappa shape index (κ1) is 11.5. The van der Waals surface area contributed by atoms with Gasteiger partial charge in [0.2, 0.25) is 5.91 Å². The van der Waals surface area contributed by atoms with E-state index in [1.54, 1.807) is 6.07 Å². The third-order valence-electron chi connectivity index (χ3n) is 1.66. The highest BCUT2D eigenvalue weighted by Gasteiger charge is 2.09. The van der Waals surface area contributed by atoms with Crippen molar-refractivity contribution < 1.29 is 9.72 Å². The fourth-order valence-electron chi connectivity index (χ4n) is 1.13. The number of nitro benzene ring substituents is 1. The number of rotatable bonds is 3. The number of alkyl halides is 1. The highest BCUT2D eigenvalue weighted by atomic mass is 35.5. The molecule has 5 nitrogen and oxygen atoms in total. The van der Waals surface area contributed by atoms with Gasteiger partial charge in [0.05, 0.1) is 4.92 Å². The van der Waals surface area contributed by atoms with E-state index in [1.165, 1.54) is 19.1 Å². The minimum absolute atomic E-state index is 0.0862. The quantitative estimate of drug-likeness (QED) is 0.490. The molecule has 0 aliphatic rings. The molecule has 1 N–H and O–H groups in total. The number of hydrogen-bond acceptors (Lipinski definition) is 3. The van der Waals surface area contributed by atoms with Crippen LogP contribution >= 0.6 is 11.6 Å². The molecule has 0 spiro atoms. The van der Waals surface area contributed by atoms with E-state index in [4.69, 9.17) is 11.6 Å². The lowest BCUT2D eigenvalue weighted by Gasteiger charge is -2.03. The largest absolute Gasteiger partial charge is 0.326 e. The summed E-state index contributed by atoms with van der Waals surface area (Å²) in [5, 5.41) is 13.0. The van der Waals surface area contributed by atoms with Crippen LogP contribution in [0.4, 0.5) is 11.4 Å². The van der Waals surface area contributed by atoms with E-state index >= 15 is 0 Å². The van der Waals surface area contributed by atoms with Crippen molar-refractivity contribution in [2.75, 3.05) is 5.32 Å². The van der Waals surface area contributed by atoms with Gasteiger partial charge >= 0.3 is 0 Å². The Morgan fingerprint density at radius 3 is 2.67 bits per heavy atom. The third-order valence-corrected chi connectivity index (χ3v) is 1.97. The van der Waals surface area contributed by atoms with Crippen LogP contribution in [0.2, 0.25) is 0 Å². The van der Waals surface area contributed by atoms with Crippen LogP contribution in [-0.4, -0.2) is 10.8 Å². The van der Waals surface area contributed by atoms with Crippen LogP contribution in [0, 0.1) is 10.1 Å². The van der Waals surface area contributed by atoms with Crippen molar-refractivity contribution in [3.8, 4) is 0 Å². The predicted octanol–water partition coefficient (Wildman–Crippen LogP) is 2.29. The summed E-state index contributed by atoms with van der Waals surface area (Å²) in [7, 11) is 0. The Morgan fingerprint density at radius 2 is 2.20 bits per heavy atom. The van der Waals surface area contributed by atoms with E-state index in [1.807, 2.05) is 0 Å². The molecular formula is C9H9ClN2O3. The fourth-order valence-corrected chi connectivity index (χ4v) is 1.29. The summed E-state index contributed by atoms with van der Waals surface area (Å²) in [4.78, 5) is 20.8. The van der Waals surface area contributed by atoms with Gasteiger partial charge in [-0.15, -0.1) is 11.6 Å². The topological polar surface area (TPSA) is 72.2 Å². The summed E-state index contributed by atoms with van der Waals surface area (Å²) in [6, 6.07) is 4.26. The lowest BCUT2D eigenvalue weighted by Crippen LogP contribution is -2.06. The average Bonchev–Trinajstić information content (AvgIpc) is 2.16. The smallest absolute Gasteiger partial charge is 0.271 e. The van der Waals surface area contributed by atoms with E-state index in [2.05, 4.69) is 5.32 Å². The first-order valence-corrected chi connectivity index (χ1v) is 4.68. The van der Waals surface area contributed by atoms with Crippen LogP contribution in [0.25, 0.3) is 0 Å². The fraction of sp³-hybridized carbons (Fsp3) is 0.222. The highest BCUT2D eigenvalue weighted by molar-refractivity contribution is 6.17. The minimum atomic E-state index is -0.526. The molecule has 1 aromatic rings. The number of hydrogen-bond donors (Lipinski definition) is 1. The van der Waals surface area contributed by atoms with Crippen LogP contribution < -0.4 is 5.32 Å². The summed E-state index contributed by atoms with van der Waals surface area (Å²) in [6.45, 7) is 1.33. The molecule has 6 heteroatoms. The van der Waals surface area contributed by atoms with E-state index < -0.39 is 4.92 Å². The first-order valence-electron chi connectivity index (χ1n) is 4.15. The van der Waals surface area contributed by atoms with Crippen LogP contribution in [-0.2, 0) is 10.7 Å². The Bertz CT molecular complexity index is 406. The zero-order valence-electron chi connectivity index (χ0n) is 7.99. The molecule has 0 atom stereocenters. The van der Waals surface area contributed by atoms with Crippen LogP contribution in [0.15, 0.2) is 18.2 Å². The second-order valence-corrected chi connectivity index (χ2v) is 3.23. The molecule has 0 radical (unpaired) electrons. The molecular weight excluding hydrogens is 220 g/mol. The molecule has 0 fully saturated rings. The molecule has 80 valence electrons. The zero-order valence-corrected chi connectivity index (χ0v) is 8.75. The molecule has 0 aromatic heterocycles. The van der Waals surface area contributed by atoms with Gasteiger partial charge in [0.1, 0.15) is 0 Å². The first-order chi connectivity index (χ1) is 7.02. The Kier molecular flexibility index (Phi) is 3.62. The lowest BCUT2D eigenvalue weighted by molar-refractivity contribution is -0.384. The van der Waals surface area contributed by atoms with Crippen molar-refractivity contribution in [3.05, 3.63) is 33.9 Å². The van der Waals surface area contributed by atoms with E-state index in [-0.39, 0.29) is 17.5 Å². The molecule has 0 bridgehead atoms. The summed E-state index contributed by atoms with van der Waals surface area (Å²) < 4.78 is 0. The second-order valence-electron chi connectivity index (χ2n) is 2.96. The Labute approximate surface area is 91.2 Å². The summed E-state index contributed by atoms with van der Waals surface area (Å²) >= 11 is 5.58. The van der Waals surface area contributed by atoms with Gasteiger partial charge in [-0.25, -0.2) is 0 Å². The van der Waals surface area contributed by atoms with Gasteiger partial charge < -0.3 is 5.32 Å². The van der Waals surface area contributed by atoms with Crippen molar-refractivity contribution in [1.29, 1.82) is 0 Å². The van der Waals surface area contributed by atoms with Gasteiger partial charge in [-0.3, -0.25) is 14.9 Å². The van der Waals surface area contributed by atoms with E-state index in [0.717, 1.165) is 0 Å². The number of anilines is 1. The molecule has 1 rings (SSSR count). The number of nitrogens with zero attached hydrogens (tertiary/aromatic N) is 1. The number of nitrogens with one attached hydrogen (secondary N) is 1. The standard InChI is InChI=1S/C9H9ClN2O3/c1-6(13)11-8-2-7(5-10)3-9(4-8)12(14)15/h2-4H,5H2,1H3,(H,11,13). The molecule has 0 unspecified atom stereocenters. The molecule has 0 saturated heterocycles. The minimum Gasteiger partial charge on any atom is -0.326 e. The molecule has 0 aliphatic carbocycles. The molecule has 0 aliphatic heterocycles. The number of halogens is 1. The number of non-ortho nitro benzene ring substituents is 1. The normalized spacial score (nSPS) is 9.73. The summed E-state index contributed by atoms with van der Waals surface area (Å²) in [5.41, 5.74) is 0.888. The number of carbonyl (C=O) groups excluding carboxylic acids is 1. The van der Waals surface area contributed by atoms with Gasteiger partial charge in [0, 0.05) is 30.6 Å². The lowest BCUT2D eigenvalue weighted by atomic mass is 10.2. The maximum atomic E-state index is 10.8. The molecule has 0 saturated carbocycles. The number of amides is 1. The second kappa shape index (κ2) is 4.75. The molecule has 1 aromatic carbocycles. The zero-order chi connectivity index (χ0) is 11.4. The van der Waals surface area contributed by atoms with Crippen molar-refractivity contribution in [2.24, 2.45) is 0 Å². The number of carbonyl (C=O) groups is 1. The van der Waals surface area contributed by atoms with E-state index in [0.29, 0.717) is 11.3 Å². The van der Waals surface area contributed by atoms with Crippen molar-refractivity contribution >= 4 is 28.9 Å². The Hall–Kier alpha value is -1.62. The average molecular weight is 229 g/mol. The van der Waals surface area contributed by atoms with Crippen LogP contribution in [0.3, 0.4) is 0 Å². The molecule has 15 heavy (non-hydrogen) atoms. The van der Waals surface area contributed by atoms with Crippen molar-refractivity contribution in [1.82, 2.24) is 0 Å².